The molecular formula is C22H34O6S. The van der Waals surface area contributed by atoms with Gasteiger partial charge in [-0.2, -0.15) is 11.8 Å². The number of hydrogen-bond acceptors (Lipinski definition) is 6. The summed E-state index contributed by atoms with van der Waals surface area (Å²) in [5.41, 5.74) is 1.15. The van der Waals surface area contributed by atoms with E-state index in [0.717, 1.165) is 37.0 Å². The molecule has 0 bridgehead atoms. The summed E-state index contributed by atoms with van der Waals surface area (Å²) in [5, 5.41) is 39.4. The summed E-state index contributed by atoms with van der Waals surface area (Å²) < 4.78 is 5.62. The topological polar surface area (TPSA) is 107 Å². The first-order valence-electron chi connectivity index (χ1n) is 10.4. The maximum absolute atomic E-state index is 10.5. The first kappa shape index (κ1) is 24.0. The van der Waals surface area contributed by atoms with Crippen molar-refractivity contribution in [2.75, 3.05) is 12.4 Å². The molecule has 1 aliphatic carbocycles. The van der Waals surface area contributed by atoms with E-state index in [1.54, 1.807) is 0 Å². The number of hydrogen-bond donors (Lipinski definition) is 4. The highest BCUT2D eigenvalue weighted by Gasteiger charge is 2.41. The summed E-state index contributed by atoms with van der Waals surface area (Å²) in [4.78, 5) is 10.5. The van der Waals surface area contributed by atoms with Crippen molar-refractivity contribution < 1.29 is 30.0 Å². The van der Waals surface area contributed by atoms with Crippen LogP contribution in [0.3, 0.4) is 0 Å². The van der Waals surface area contributed by atoms with Gasteiger partial charge in [0, 0.05) is 23.8 Å². The lowest BCUT2D eigenvalue weighted by molar-refractivity contribution is -0.137. The van der Waals surface area contributed by atoms with Crippen LogP contribution in [0.2, 0.25) is 0 Å². The number of unbranched alkanes of at least 4 members (excludes halogenated alkanes) is 3. The Morgan fingerprint density at radius 2 is 1.83 bits per heavy atom. The number of aliphatic hydroxyl groups excluding tert-OH is 3. The van der Waals surface area contributed by atoms with Crippen molar-refractivity contribution in [3.8, 4) is 5.75 Å². The molecule has 0 amide bonds. The van der Waals surface area contributed by atoms with Gasteiger partial charge in [0.25, 0.3) is 0 Å². The van der Waals surface area contributed by atoms with Gasteiger partial charge in [0.15, 0.2) is 0 Å². The molecule has 29 heavy (non-hydrogen) atoms. The van der Waals surface area contributed by atoms with Crippen LogP contribution in [-0.4, -0.2) is 62.3 Å². The van der Waals surface area contributed by atoms with E-state index in [1.165, 1.54) is 11.8 Å². The van der Waals surface area contributed by atoms with Gasteiger partial charge in [-0.05, 0) is 37.8 Å². The molecule has 1 saturated carbocycles. The third-order valence-corrected chi connectivity index (χ3v) is 7.03. The first-order chi connectivity index (χ1) is 13.9. The molecule has 0 heterocycles. The van der Waals surface area contributed by atoms with E-state index < -0.39 is 24.3 Å². The number of aryl methyl sites for hydroxylation is 1. The third kappa shape index (κ3) is 8.54. The third-order valence-electron chi connectivity index (χ3n) is 5.40. The minimum atomic E-state index is -0.763. The van der Waals surface area contributed by atoms with Crippen LogP contribution in [0.5, 0.6) is 5.75 Å². The van der Waals surface area contributed by atoms with Crippen molar-refractivity contribution in [3.05, 3.63) is 29.8 Å². The van der Waals surface area contributed by atoms with Gasteiger partial charge in [0.05, 0.1) is 18.3 Å². The Balaban J connectivity index is 1.70. The van der Waals surface area contributed by atoms with E-state index in [-0.39, 0.29) is 24.2 Å². The van der Waals surface area contributed by atoms with Gasteiger partial charge in [-0.15, -0.1) is 0 Å². The number of carbonyl (C=O) groups is 1. The largest absolute Gasteiger partial charge is 0.491 e. The molecule has 0 saturated heterocycles. The van der Waals surface area contributed by atoms with Gasteiger partial charge >= 0.3 is 5.97 Å². The van der Waals surface area contributed by atoms with Gasteiger partial charge in [0.2, 0.25) is 0 Å². The van der Waals surface area contributed by atoms with Crippen LogP contribution in [0.4, 0.5) is 0 Å². The lowest BCUT2D eigenvalue weighted by Gasteiger charge is -2.24. The highest BCUT2D eigenvalue weighted by atomic mass is 32.2. The van der Waals surface area contributed by atoms with Crippen LogP contribution in [0.15, 0.2) is 24.3 Å². The average molecular weight is 427 g/mol. The molecule has 7 heteroatoms. The van der Waals surface area contributed by atoms with Crippen LogP contribution in [0.1, 0.15) is 50.5 Å². The molecule has 1 aromatic rings. The summed E-state index contributed by atoms with van der Waals surface area (Å²) in [5.74, 6) is 0.396. The molecule has 0 aromatic heterocycles. The highest BCUT2D eigenvalue weighted by Crippen LogP contribution is 2.39. The van der Waals surface area contributed by atoms with Gasteiger partial charge in [-0.25, -0.2) is 0 Å². The lowest BCUT2D eigenvalue weighted by Crippen LogP contribution is -2.28. The SMILES string of the molecule is Cc1ccc(OCC(O)CS[C@H]2C(O)CC(O)[C@@H]2CCCCCCC(=O)O)cc1. The zero-order valence-electron chi connectivity index (χ0n) is 17.1. The standard InChI is InChI=1S/C22H34O6S/c1-15-8-10-17(11-9-15)28-13-16(23)14-29-22-18(19(24)12-20(22)25)6-4-2-3-5-7-21(26)27/h8-11,16,18-20,22-25H,2-7,12-14H2,1H3,(H,26,27)/t16?,18-,19?,20?,22+/m0/s1. The van der Waals surface area contributed by atoms with Crippen LogP contribution in [0, 0.1) is 12.8 Å². The molecule has 1 aliphatic rings. The number of rotatable bonds is 13. The van der Waals surface area contributed by atoms with Gasteiger partial charge in [-0.1, -0.05) is 37.0 Å². The number of thioether (sulfide) groups is 1. The monoisotopic (exact) mass is 426 g/mol. The van der Waals surface area contributed by atoms with Crippen molar-refractivity contribution in [2.45, 2.75) is 75.4 Å². The lowest BCUT2D eigenvalue weighted by atomic mass is 9.97. The van der Waals surface area contributed by atoms with Gasteiger partial charge < -0.3 is 25.2 Å². The second kappa shape index (κ2) is 12.4. The van der Waals surface area contributed by atoms with E-state index in [2.05, 4.69) is 0 Å². The predicted molar refractivity (Wildman–Crippen MR) is 114 cm³/mol. The van der Waals surface area contributed by atoms with Crippen LogP contribution in [-0.2, 0) is 4.79 Å². The van der Waals surface area contributed by atoms with E-state index in [4.69, 9.17) is 9.84 Å². The summed E-state index contributed by atoms with van der Waals surface area (Å²) in [6.45, 7) is 2.19. The molecular weight excluding hydrogens is 392 g/mol. The molecule has 0 spiro atoms. The molecule has 6 nitrogen and oxygen atoms in total. The van der Waals surface area contributed by atoms with Crippen molar-refractivity contribution in [3.63, 3.8) is 0 Å². The molecule has 1 aromatic carbocycles. The number of aliphatic carboxylic acids is 1. The summed E-state index contributed by atoms with van der Waals surface area (Å²) in [6.07, 6.45) is 3.01. The molecule has 5 atom stereocenters. The minimum Gasteiger partial charge on any atom is -0.491 e. The number of benzene rings is 1. The number of carboxylic acid groups (broad SMARTS) is 1. The number of ether oxygens (including phenoxy) is 1. The van der Waals surface area contributed by atoms with Crippen LogP contribution < -0.4 is 4.74 Å². The van der Waals surface area contributed by atoms with E-state index in [1.807, 2.05) is 31.2 Å². The molecule has 4 N–H and O–H groups in total. The number of carboxylic acids is 1. The van der Waals surface area contributed by atoms with Gasteiger partial charge in [-0.3, -0.25) is 4.79 Å². The molecule has 0 radical (unpaired) electrons. The Morgan fingerprint density at radius 3 is 2.52 bits per heavy atom. The Hall–Kier alpha value is -1.28. The number of aliphatic hydroxyl groups is 3. The fraction of sp³-hybridized carbons (Fsp3) is 0.682. The fourth-order valence-electron chi connectivity index (χ4n) is 3.76. The zero-order valence-corrected chi connectivity index (χ0v) is 17.9. The zero-order chi connectivity index (χ0) is 21.2. The summed E-state index contributed by atoms with van der Waals surface area (Å²) >= 11 is 1.50. The maximum atomic E-state index is 10.5. The van der Waals surface area contributed by atoms with E-state index >= 15 is 0 Å². The molecule has 0 aliphatic heterocycles. The fourth-order valence-corrected chi connectivity index (χ4v) is 5.20. The molecule has 1 fully saturated rings. The molecule has 164 valence electrons. The second-order valence-corrected chi connectivity index (χ2v) is 9.17. The maximum Gasteiger partial charge on any atom is 0.303 e. The normalized spacial score (nSPS) is 25.1. The van der Waals surface area contributed by atoms with Crippen molar-refractivity contribution in [1.82, 2.24) is 0 Å². The highest BCUT2D eigenvalue weighted by molar-refractivity contribution is 8.00. The Bertz CT molecular complexity index is 608. The second-order valence-electron chi connectivity index (χ2n) is 7.96. The molecule has 2 rings (SSSR count). The van der Waals surface area contributed by atoms with Crippen LogP contribution >= 0.6 is 11.8 Å². The molecule has 3 unspecified atom stereocenters. The first-order valence-corrected chi connectivity index (χ1v) is 11.5. The van der Waals surface area contributed by atoms with Crippen molar-refractivity contribution in [1.29, 1.82) is 0 Å². The van der Waals surface area contributed by atoms with Crippen molar-refractivity contribution >= 4 is 17.7 Å². The van der Waals surface area contributed by atoms with Crippen molar-refractivity contribution in [2.24, 2.45) is 5.92 Å². The van der Waals surface area contributed by atoms with Gasteiger partial charge in [0.1, 0.15) is 12.4 Å². The summed E-state index contributed by atoms with van der Waals surface area (Å²) in [6, 6.07) is 7.66. The minimum absolute atomic E-state index is 0.000286. The Kier molecular flexibility index (Phi) is 10.3. The van der Waals surface area contributed by atoms with E-state index in [9.17, 15) is 20.1 Å². The summed E-state index contributed by atoms with van der Waals surface area (Å²) in [7, 11) is 0. The Morgan fingerprint density at radius 1 is 1.14 bits per heavy atom. The Labute approximate surface area is 177 Å². The van der Waals surface area contributed by atoms with E-state index in [0.29, 0.717) is 18.6 Å². The predicted octanol–water partition coefficient (Wildman–Crippen LogP) is 3.00. The average Bonchev–Trinajstić information content (AvgIpc) is 2.94. The smallest absolute Gasteiger partial charge is 0.303 e. The quantitative estimate of drug-likeness (QED) is 0.359. The van der Waals surface area contributed by atoms with Crippen LogP contribution in [0.25, 0.3) is 0 Å².